The number of fused-ring (bicyclic) bond motifs is 4. The highest BCUT2D eigenvalue weighted by Crippen LogP contribution is 2.52. The van der Waals surface area contributed by atoms with E-state index in [9.17, 15) is 0 Å². The average molecular weight is 940 g/mol. The Hall–Kier alpha value is -5.59. The summed E-state index contributed by atoms with van der Waals surface area (Å²) in [5, 5.41) is 6.15. The standard InChI is InChI=1S/C61H63ClN2OS2/c1-38-32-50(56(62)52(33-38)65-53-37-66-54-31-24-42(34-49(53)54)61(11,12)13)64(45-29-22-41(23-30-45)60(8,9)10)46-35-48-47-16-14-15-17-55(47)67-57(48)51(36-46)63(43-25-18-39(19-26-43)58(2,3)4)44-27-20-40(21-28-44)59(5,6)7/h14-37H,1-13H3. The highest BCUT2D eigenvalue weighted by molar-refractivity contribution is 7.26. The second-order valence-electron chi connectivity index (χ2n) is 22.3. The van der Waals surface area contributed by atoms with E-state index in [1.807, 2.05) is 11.3 Å². The van der Waals surface area contributed by atoms with Gasteiger partial charge in [0.2, 0.25) is 0 Å². The topological polar surface area (TPSA) is 15.7 Å². The number of hydrogen-bond acceptors (Lipinski definition) is 5. The molecular formula is C61H63ClN2OS2. The van der Waals surface area contributed by atoms with E-state index in [1.165, 1.54) is 47.1 Å². The van der Waals surface area contributed by atoms with Crippen LogP contribution in [0.4, 0.5) is 34.1 Å². The number of hydrogen-bond donors (Lipinski definition) is 0. The maximum Gasteiger partial charge on any atom is 0.148 e. The normalized spacial score (nSPS) is 12.6. The van der Waals surface area contributed by atoms with E-state index in [4.69, 9.17) is 16.3 Å². The second-order valence-corrected chi connectivity index (χ2v) is 24.6. The van der Waals surface area contributed by atoms with Crippen molar-refractivity contribution in [2.75, 3.05) is 9.80 Å². The van der Waals surface area contributed by atoms with Gasteiger partial charge in [-0.15, -0.1) is 22.7 Å². The molecule has 2 aromatic heterocycles. The number of thiophene rings is 2. The number of halogens is 1. The summed E-state index contributed by atoms with van der Waals surface area (Å²) in [5.74, 6) is 1.43. The van der Waals surface area contributed by atoms with Crippen molar-refractivity contribution in [3.63, 3.8) is 0 Å². The lowest BCUT2D eigenvalue weighted by molar-refractivity contribution is 0.490. The van der Waals surface area contributed by atoms with Crippen LogP contribution in [-0.4, -0.2) is 0 Å². The van der Waals surface area contributed by atoms with Crippen LogP contribution in [0, 0.1) is 6.92 Å². The smallest absolute Gasteiger partial charge is 0.148 e. The van der Waals surface area contributed by atoms with E-state index in [0.29, 0.717) is 10.8 Å². The zero-order chi connectivity index (χ0) is 47.8. The Labute approximate surface area is 411 Å². The minimum Gasteiger partial charge on any atom is -0.454 e. The summed E-state index contributed by atoms with van der Waals surface area (Å²) >= 11 is 11.3. The number of ether oxygens (including phenoxy) is 1. The van der Waals surface area contributed by atoms with Gasteiger partial charge >= 0.3 is 0 Å². The molecule has 0 atom stereocenters. The van der Waals surface area contributed by atoms with Crippen molar-refractivity contribution in [1.29, 1.82) is 0 Å². The summed E-state index contributed by atoms with van der Waals surface area (Å²) in [7, 11) is 0. The monoisotopic (exact) mass is 938 g/mol. The van der Waals surface area contributed by atoms with Crippen LogP contribution in [0.5, 0.6) is 11.5 Å². The van der Waals surface area contributed by atoms with Gasteiger partial charge in [-0.3, -0.25) is 0 Å². The van der Waals surface area contributed by atoms with Crippen molar-refractivity contribution >= 4 is 98.7 Å². The van der Waals surface area contributed by atoms with Crippen molar-refractivity contribution in [2.45, 2.75) is 112 Å². The van der Waals surface area contributed by atoms with E-state index in [0.717, 1.165) is 50.8 Å². The molecule has 0 aliphatic heterocycles. The highest BCUT2D eigenvalue weighted by atomic mass is 35.5. The molecule has 0 aliphatic carbocycles. The summed E-state index contributed by atoms with van der Waals surface area (Å²) in [6, 6.07) is 51.8. The molecular weight excluding hydrogens is 876 g/mol. The predicted octanol–water partition coefficient (Wildman–Crippen LogP) is 20.2. The van der Waals surface area contributed by atoms with E-state index in [-0.39, 0.29) is 21.7 Å². The lowest BCUT2D eigenvalue weighted by atomic mass is 9.86. The van der Waals surface area contributed by atoms with Gasteiger partial charge < -0.3 is 14.5 Å². The summed E-state index contributed by atoms with van der Waals surface area (Å²) in [6.45, 7) is 29.3. The fourth-order valence-electron chi connectivity index (χ4n) is 8.90. The minimum atomic E-state index is -0.0191. The molecule has 0 unspecified atom stereocenters. The van der Waals surface area contributed by atoms with Crippen LogP contribution in [-0.2, 0) is 21.7 Å². The Morgan fingerprint density at radius 3 is 1.45 bits per heavy atom. The van der Waals surface area contributed by atoms with Crippen LogP contribution in [0.25, 0.3) is 30.3 Å². The lowest BCUT2D eigenvalue weighted by Crippen LogP contribution is -2.16. The molecule has 0 saturated carbocycles. The Kier molecular flexibility index (Phi) is 11.9. The molecule has 0 aliphatic rings. The SMILES string of the molecule is Cc1cc(Oc2csc3ccc(C(C)(C)C)cc23)c(Cl)c(N(c2ccc(C(C)(C)C)cc2)c2cc(N(c3ccc(C(C)(C)C)cc3)c3ccc(C(C)(C)C)cc3)c3sc4ccccc4c3c2)c1. The van der Waals surface area contributed by atoms with E-state index >= 15 is 0 Å². The largest absolute Gasteiger partial charge is 0.454 e. The van der Waals surface area contributed by atoms with Crippen LogP contribution in [0.15, 0.2) is 145 Å². The Bertz CT molecular complexity index is 3200. The maximum atomic E-state index is 7.77. The van der Waals surface area contributed by atoms with Gasteiger partial charge in [0.15, 0.2) is 0 Å². The molecule has 0 amide bonds. The highest BCUT2D eigenvalue weighted by Gasteiger charge is 2.27. The van der Waals surface area contributed by atoms with Crippen molar-refractivity contribution in [3.05, 3.63) is 178 Å². The van der Waals surface area contributed by atoms with Crippen molar-refractivity contribution in [1.82, 2.24) is 0 Å². The Morgan fingerprint density at radius 2 is 0.925 bits per heavy atom. The number of nitrogens with zero attached hydrogens (tertiary/aromatic N) is 2. The number of anilines is 6. The van der Waals surface area contributed by atoms with Gasteiger partial charge in [0, 0.05) is 53.7 Å². The average Bonchev–Trinajstić information content (AvgIpc) is 3.85. The first-order valence-corrected chi connectivity index (χ1v) is 25.5. The molecule has 342 valence electrons. The number of aryl methyl sites for hydroxylation is 1. The first kappa shape index (κ1) is 46.5. The molecule has 0 spiro atoms. The maximum absolute atomic E-state index is 7.77. The van der Waals surface area contributed by atoms with Crippen LogP contribution in [0.3, 0.4) is 0 Å². The fourth-order valence-corrected chi connectivity index (χ4v) is 11.2. The second kappa shape index (κ2) is 17.2. The summed E-state index contributed by atoms with van der Waals surface area (Å²) < 4.78 is 10.6. The molecule has 0 fully saturated rings. The molecule has 7 aromatic carbocycles. The minimum absolute atomic E-state index is 0.000341. The van der Waals surface area contributed by atoms with Crippen molar-refractivity contribution < 1.29 is 4.74 Å². The van der Waals surface area contributed by atoms with Gasteiger partial charge in [-0.1, -0.05) is 155 Å². The third-order valence-electron chi connectivity index (χ3n) is 12.9. The zero-order valence-corrected chi connectivity index (χ0v) is 43.7. The molecule has 3 nitrogen and oxygen atoms in total. The molecule has 0 bridgehead atoms. The van der Waals surface area contributed by atoms with Gasteiger partial charge in [-0.05, 0) is 135 Å². The van der Waals surface area contributed by atoms with Gasteiger partial charge in [0.05, 0.1) is 16.1 Å². The molecule has 0 N–H and O–H groups in total. The lowest BCUT2D eigenvalue weighted by Gasteiger charge is -2.32. The summed E-state index contributed by atoms with van der Waals surface area (Å²) in [5.41, 5.74) is 12.3. The molecule has 67 heavy (non-hydrogen) atoms. The molecule has 9 rings (SSSR count). The van der Waals surface area contributed by atoms with E-state index in [1.54, 1.807) is 11.3 Å². The van der Waals surface area contributed by atoms with Gasteiger partial charge in [-0.25, -0.2) is 0 Å². The Balaban J connectivity index is 1.30. The Morgan fingerprint density at radius 1 is 0.433 bits per heavy atom. The molecule has 9 aromatic rings. The third kappa shape index (κ3) is 9.23. The van der Waals surface area contributed by atoms with Crippen LogP contribution >= 0.6 is 34.3 Å². The molecule has 0 saturated heterocycles. The molecule has 6 heteroatoms. The third-order valence-corrected chi connectivity index (χ3v) is 15.5. The van der Waals surface area contributed by atoms with Gasteiger partial charge in [-0.2, -0.15) is 0 Å². The van der Waals surface area contributed by atoms with Gasteiger partial charge in [0.25, 0.3) is 0 Å². The number of benzene rings is 7. The predicted molar refractivity (Wildman–Crippen MR) is 295 cm³/mol. The molecule has 2 heterocycles. The van der Waals surface area contributed by atoms with Crippen LogP contribution < -0.4 is 14.5 Å². The number of rotatable bonds is 8. The van der Waals surface area contributed by atoms with Crippen molar-refractivity contribution in [2.24, 2.45) is 0 Å². The zero-order valence-electron chi connectivity index (χ0n) is 41.4. The van der Waals surface area contributed by atoms with Crippen LogP contribution in [0.1, 0.15) is 111 Å². The first-order chi connectivity index (χ1) is 31.5. The van der Waals surface area contributed by atoms with E-state index in [2.05, 4.69) is 245 Å². The fraction of sp³-hybridized carbons (Fsp3) is 0.279. The van der Waals surface area contributed by atoms with Gasteiger partial charge in [0.1, 0.15) is 16.5 Å². The quantitative estimate of drug-likeness (QED) is 0.151. The first-order valence-electron chi connectivity index (χ1n) is 23.4. The van der Waals surface area contributed by atoms with Crippen molar-refractivity contribution in [3.8, 4) is 11.5 Å². The molecule has 0 radical (unpaired) electrons. The summed E-state index contributed by atoms with van der Waals surface area (Å²) in [4.78, 5) is 4.78. The summed E-state index contributed by atoms with van der Waals surface area (Å²) in [6.07, 6.45) is 0. The van der Waals surface area contributed by atoms with E-state index < -0.39 is 0 Å². The van der Waals surface area contributed by atoms with Crippen LogP contribution in [0.2, 0.25) is 5.02 Å².